The zero-order valence-corrected chi connectivity index (χ0v) is 16.1. The van der Waals surface area contributed by atoms with E-state index in [1.807, 2.05) is 18.2 Å². The number of hydrogen-bond donors (Lipinski definition) is 0. The molecule has 0 amide bonds. The number of fused-ring (bicyclic) bond motifs is 1. The Morgan fingerprint density at radius 1 is 1.07 bits per heavy atom. The molecule has 0 N–H and O–H groups in total. The van der Waals surface area contributed by atoms with Gasteiger partial charge in [0.2, 0.25) is 6.79 Å². The lowest BCUT2D eigenvalue weighted by molar-refractivity contribution is 0.0466. The van der Waals surface area contributed by atoms with Crippen LogP contribution in [0.25, 0.3) is 10.6 Å². The minimum Gasteiger partial charge on any atom is -0.493 e. The molecule has 0 spiro atoms. The second-order valence-corrected chi connectivity index (χ2v) is 6.73. The third-order valence-electron chi connectivity index (χ3n) is 4.15. The maximum absolute atomic E-state index is 12.3. The second kappa shape index (κ2) is 7.77. The molecule has 1 aliphatic heterocycles. The van der Waals surface area contributed by atoms with Crippen LogP contribution in [-0.4, -0.2) is 32.0 Å². The molecule has 0 bridgehead atoms. The molecule has 0 fully saturated rings. The summed E-state index contributed by atoms with van der Waals surface area (Å²) >= 11 is 1.36. The van der Waals surface area contributed by atoms with Gasteiger partial charge in [0.15, 0.2) is 28.7 Å². The van der Waals surface area contributed by atoms with Gasteiger partial charge in [0.05, 0.1) is 14.2 Å². The van der Waals surface area contributed by atoms with Crippen LogP contribution in [0.2, 0.25) is 0 Å². The average Bonchev–Trinajstić information content (AvgIpc) is 3.40. The van der Waals surface area contributed by atoms with E-state index in [2.05, 4.69) is 4.98 Å². The molecule has 8 heteroatoms. The first-order valence-corrected chi connectivity index (χ1v) is 9.29. The minimum absolute atomic E-state index is 0.124. The largest absolute Gasteiger partial charge is 0.493 e. The molecular weight excluding hydrogens is 382 g/mol. The van der Waals surface area contributed by atoms with Gasteiger partial charge in [-0.1, -0.05) is 6.07 Å². The molecule has 144 valence electrons. The zero-order valence-electron chi connectivity index (χ0n) is 15.3. The van der Waals surface area contributed by atoms with E-state index in [0.29, 0.717) is 28.0 Å². The molecule has 0 atom stereocenters. The Morgan fingerprint density at radius 3 is 2.71 bits per heavy atom. The quantitative estimate of drug-likeness (QED) is 0.582. The Morgan fingerprint density at radius 2 is 1.89 bits per heavy atom. The van der Waals surface area contributed by atoms with Gasteiger partial charge >= 0.3 is 5.97 Å². The van der Waals surface area contributed by atoms with E-state index in [4.69, 9.17) is 23.7 Å². The summed E-state index contributed by atoms with van der Waals surface area (Å²) in [6, 6.07) is 10.9. The third kappa shape index (κ3) is 3.59. The van der Waals surface area contributed by atoms with Crippen LogP contribution in [0.5, 0.6) is 23.0 Å². The molecule has 2 heterocycles. The van der Waals surface area contributed by atoms with Crippen molar-refractivity contribution in [2.45, 2.75) is 6.61 Å². The van der Waals surface area contributed by atoms with Gasteiger partial charge in [0, 0.05) is 10.9 Å². The smallest absolute Gasteiger partial charge is 0.358 e. The lowest BCUT2D eigenvalue weighted by Crippen LogP contribution is -2.05. The fraction of sp³-hybridized carbons (Fsp3) is 0.200. The van der Waals surface area contributed by atoms with Crippen molar-refractivity contribution < 1.29 is 28.5 Å². The van der Waals surface area contributed by atoms with Crippen molar-refractivity contribution in [3.63, 3.8) is 0 Å². The predicted octanol–water partition coefficient (Wildman–Crippen LogP) is 3.91. The van der Waals surface area contributed by atoms with Gasteiger partial charge in [-0.2, -0.15) is 0 Å². The number of nitrogens with zero attached hydrogens (tertiary/aromatic N) is 1. The number of benzene rings is 2. The first-order valence-electron chi connectivity index (χ1n) is 8.41. The maximum Gasteiger partial charge on any atom is 0.358 e. The first-order chi connectivity index (χ1) is 13.7. The average molecular weight is 399 g/mol. The van der Waals surface area contributed by atoms with Gasteiger partial charge in [0.25, 0.3) is 0 Å². The summed E-state index contributed by atoms with van der Waals surface area (Å²) in [4.78, 5) is 16.7. The molecule has 1 aromatic heterocycles. The van der Waals surface area contributed by atoms with Crippen LogP contribution in [0.3, 0.4) is 0 Å². The maximum atomic E-state index is 12.3. The normalized spacial score (nSPS) is 11.9. The first kappa shape index (κ1) is 18.1. The number of esters is 1. The SMILES string of the molecule is COc1ccc(-c2nc(C(=O)OCc3ccc4c(c3)OCO4)cs2)cc1OC. The Kier molecular flexibility index (Phi) is 5.03. The van der Waals surface area contributed by atoms with E-state index in [1.54, 1.807) is 37.8 Å². The van der Waals surface area contributed by atoms with Crippen LogP contribution in [0, 0.1) is 0 Å². The fourth-order valence-electron chi connectivity index (χ4n) is 2.72. The van der Waals surface area contributed by atoms with Crippen molar-refractivity contribution in [2.24, 2.45) is 0 Å². The Labute approximate surface area is 165 Å². The molecular formula is C20H17NO6S. The molecule has 0 radical (unpaired) electrons. The van der Waals surface area contributed by atoms with Crippen molar-refractivity contribution in [2.75, 3.05) is 21.0 Å². The topological polar surface area (TPSA) is 76.1 Å². The standard InChI is InChI=1S/C20H17NO6S/c1-23-15-6-4-13(8-17(15)24-2)19-21-14(10-28-19)20(22)25-9-12-3-5-16-18(7-12)27-11-26-16/h3-8,10H,9,11H2,1-2H3. The zero-order chi connectivity index (χ0) is 19.5. The van der Waals surface area contributed by atoms with E-state index in [0.717, 1.165) is 11.1 Å². The van der Waals surface area contributed by atoms with Crippen LogP contribution < -0.4 is 18.9 Å². The van der Waals surface area contributed by atoms with Crippen molar-refractivity contribution >= 4 is 17.3 Å². The summed E-state index contributed by atoms with van der Waals surface area (Å²) < 4.78 is 26.5. The Bertz CT molecular complexity index is 1020. The number of carbonyl (C=O) groups is 1. The van der Waals surface area contributed by atoms with Crippen molar-refractivity contribution in [1.82, 2.24) is 4.98 Å². The molecule has 0 saturated heterocycles. The Balaban J connectivity index is 1.44. The van der Waals surface area contributed by atoms with E-state index >= 15 is 0 Å². The Hall–Kier alpha value is -3.26. The van der Waals surface area contributed by atoms with Gasteiger partial charge in [-0.25, -0.2) is 9.78 Å². The number of ether oxygens (including phenoxy) is 5. The summed E-state index contributed by atoms with van der Waals surface area (Å²) in [5, 5.41) is 2.37. The van der Waals surface area contributed by atoms with E-state index in [1.165, 1.54) is 11.3 Å². The summed E-state index contributed by atoms with van der Waals surface area (Å²) in [6.45, 7) is 0.328. The van der Waals surface area contributed by atoms with Crippen LogP contribution in [0.1, 0.15) is 16.1 Å². The molecule has 0 unspecified atom stereocenters. The van der Waals surface area contributed by atoms with E-state index in [9.17, 15) is 4.79 Å². The lowest BCUT2D eigenvalue weighted by Gasteiger charge is -2.08. The molecule has 3 aromatic rings. The van der Waals surface area contributed by atoms with Crippen LogP contribution in [0.15, 0.2) is 41.8 Å². The summed E-state index contributed by atoms with van der Waals surface area (Å²) in [6.07, 6.45) is 0. The summed E-state index contributed by atoms with van der Waals surface area (Å²) in [5.41, 5.74) is 1.90. The fourth-order valence-corrected chi connectivity index (χ4v) is 3.51. The van der Waals surface area contributed by atoms with Gasteiger partial charge in [-0.3, -0.25) is 0 Å². The van der Waals surface area contributed by atoms with Crippen LogP contribution >= 0.6 is 11.3 Å². The molecule has 4 rings (SSSR count). The van der Waals surface area contributed by atoms with Crippen LogP contribution in [0.4, 0.5) is 0 Å². The van der Waals surface area contributed by atoms with Crippen molar-refractivity contribution in [3.05, 3.63) is 53.0 Å². The van der Waals surface area contributed by atoms with E-state index in [-0.39, 0.29) is 19.1 Å². The number of rotatable bonds is 6. The highest BCUT2D eigenvalue weighted by Gasteiger charge is 2.17. The third-order valence-corrected chi connectivity index (χ3v) is 5.04. The van der Waals surface area contributed by atoms with Gasteiger partial charge < -0.3 is 23.7 Å². The summed E-state index contributed by atoms with van der Waals surface area (Å²) in [5.74, 6) is 2.08. The number of thiazole rings is 1. The van der Waals surface area contributed by atoms with Crippen molar-refractivity contribution in [3.8, 4) is 33.6 Å². The number of methoxy groups -OCH3 is 2. The molecule has 28 heavy (non-hydrogen) atoms. The monoisotopic (exact) mass is 399 g/mol. The highest BCUT2D eigenvalue weighted by molar-refractivity contribution is 7.13. The van der Waals surface area contributed by atoms with Gasteiger partial charge in [-0.05, 0) is 35.9 Å². The molecule has 2 aromatic carbocycles. The lowest BCUT2D eigenvalue weighted by atomic mass is 10.2. The highest BCUT2D eigenvalue weighted by atomic mass is 32.1. The number of hydrogen-bond acceptors (Lipinski definition) is 8. The molecule has 1 aliphatic rings. The van der Waals surface area contributed by atoms with Gasteiger partial charge in [0.1, 0.15) is 11.6 Å². The molecule has 0 aliphatic carbocycles. The summed E-state index contributed by atoms with van der Waals surface area (Å²) in [7, 11) is 3.15. The predicted molar refractivity (Wildman–Crippen MR) is 102 cm³/mol. The molecule has 0 saturated carbocycles. The number of carbonyl (C=O) groups excluding carboxylic acids is 1. The number of aromatic nitrogens is 1. The van der Waals surface area contributed by atoms with Crippen LogP contribution in [-0.2, 0) is 11.3 Å². The van der Waals surface area contributed by atoms with E-state index < -0.39 is 5.97 Å². The minimum atomic E-state index is -0.486. The highest BCUT2D eigenvalue weighted by Crippen LogP contribution is 2.34. The second-order valence-electron chi connectivity index (χ2n) is 5.87. The van der Waals surface area contributed by atoms with Crippen molar-refractivity contribution in [1.29, 1.82) is 0 Å². The van der Waals surface area contributed by atoms with Gasteiger partial charge in [-0.15, -0.1) is 11.3 Å². The molecule has 7 nitrogen and oxygen atoms in total.